The average Bonchev–Trinajstić information content (AvgIpc) is 2.83. The van der Waals surface area contributed by atoms with Gasteiger partial charge in [0, 0.05) is 30.6 Å². The molecule has 0 aromatic carbocycles. The molecule has 1 N–H and O–H groups in total. The predicted molar refractivity (Wildman–Crippen MR) is 105 cm³/mol. The van der Waals surface area contributed by atoms with Gasteiger partial charge in [-0.15, -0.1) is 0 Å². The lowest BCUT2D eigenvalue weighted by molar-refractivity contribution is -0.121. The van der Waals surface area contributed by atoms with Gasteiger partial charge in [0.1, 0.15) is 0 Å². The molecule has 26 heavy (non-hydrogen) atoms. The molecule has 1 aliphatic rings. The Morgan fingerprint density at radius 1 is 1.08 bits per heavy atom. The fourth-order valence-corrected chi connectivity index (χ4v) is 4.37. The maximum Gasteiger partial charge on any atom is 0.220 e. The van der Waals surface area contributed by atoms with Gasteiger partial charge in [-0.05, 0) is 51.2 Å². The number of amides is 1. The van der Waals surface area contributed by atoms with Crippen molar-refractivity contribution in [1.82, 2.24) is 20.1 Å². The molecule has 0 atom stereocenters. The van der Waals surface area contributed by atoms with Gasteiger partial charge < -0.3 is 5.32 Å². The molecule has 1 amide bonds. The summed E-state index contributed by atoms with van der Waals surface area (Å²) in [6, 6.07) is 0.367. The van der Waals surface area contributed by atoms with Crippen LogP contribution in [0.25, 0.3) is 11.0 Å². The van der Waals surface area contributed by atoms with Gasteiger partial charge in [-0.2, -0.15) is 5.10 Å². The smallest absolute Gasteiger partial charge is 0.220 e. The summed E-state index contributed by atoms with van der Waals surface area (Å²) >= 11 is 0. The van der Waals surface area contributed by atoms with Gasteiger partial charge in [-0.1, -0.05) is 32.1 Å². The van der Waals surface area contributed by atoms with Crippen LogP contribution in [-0.4, -0.2) is 26.7 Å². The van der Waals surface area contributed by atoms with Crippen molar-refractivity contribution >= 4 is 16.9 Å². The van der Waals surface area contributed by atoms with Gasteiger partial charge in [0.25, 0.3) is 0 Å². The fourth-order valence-electron chi connectivity index (χ4n) is 4.37. The standard InChI is InChI=1S/C21H32N4O/c1-14-18(15(2)22-21-20(14)16(3)24-25(21)4)12-13-19(26)23-17-10-8-6-5-7-9-11-17/h17H,5-13H2,1-4H3,(H,23,26). The zero-order valence-corrected chi connectivity index (χ0v) is 16.7. The van der Waals surface area contributed by atoms with Crippen LogP contribution in [0.15, 0.2) is 0 Å². The summed E-state index contributed by atoms with van der Waals surface area (Å²) in [5.74, 6) is 0.178. The summed E-state index contributed by atoms with van der Waals surface area (Å²) < 4.78 is 1.84. The van der Waals surface area contributed by atoms with E-state index in [0.29, 0.717) is 12.5 Å². The number of carbonyl (C=O) groups excluding carboxylic acids is 1. The molecular weight excluding hydrogens is 324 g/mol. The van der Waals surface area contributed by atoms with Crippen LogP contribution in [0.3, 0.4) is 0 Å². The number of aryl methyl sites for hydroxylation is 4. The summed E-state index contributed by atoms with van der Waals surface area (Å²) in [6.07, 6.45) is 9.98. The lowest BCUT2D eigenvalue weighted by Gasteiger charge is -2.21. The Morgan fingerprint density at radius 3 is 2.42 bits per heavy atom. The molecule has 1 fully saturated rings. The number of pyridine rings is 1. The van der Waals surface area contributed by atoms with E-state index < -0.39 is 0 Å². The summed E-state index contributed by atoms with van der Waals surface area (Å²) in [7, 11) is 1.93. The van der Waals surface area contributed by atoms with E-state index in [2.05, 4.69) is 17.3 Å². The van der Waals surface area contributed by atoms with E-state index in [9.17, 15) is 4.79 Å². The van der Waals surface area contributed by atoms with Crippen molar-refractivity contribution in [3.63, 3.8) is 0 Å². The van der Waals surface area contributed by atoms with E-state index in [1.165, 1.54) is 43.2 Å². The molecule has 2 aromatic heterocycles. The largest absolute Gasteiger partial charge is 0.353 e. The molecule has 0 aliphatic heterocycles. The van der Waals surface area contributed by atoms with Crippen LogP contribution in [0.1, 0.15) is 73.9 Å². The molecule has 1 saturated carbocycles. The molecule has 5 nitrogen and oxygen atoms in total. The van der Waals surface area contributed by atoms with E-state index in [-0.39, 0.29) is 5.91 Å². The van der Waals surface area contributed by atoms with Crippen LogP contribution in [0.4, 0.5) is 0 Å². The van der Waals surface area contributed by atoms with Crippen molar-refractivity contribution in [1.29, 1.82) is 0 Å². The highest BCUT2D eigenvalue weighted by Crippen LogP contribution is 2.26. The van der Waals surface area contributed by atoms with Crippen LogP contribution in [0, 0.1) is 20.8 Å². The minimum atomic E-state index is 0.178. The van der Waals surface area contributed by atoms with E-state index in [1.807, 2.05) is 25.6 Å². The Kier molecular flexibility index (Phi) is 5.94. The van der Waals surface area contributed by atoms with E-state index in [4.69, 9.17) is 4.98 Å². The van der Waals surface area contributed by atoms with Gasteiger partial charge >= 0.3 is 0 Å². The summed E-state index contributed by atoms with van der Waals surface area (Å²) in [5.41, 5.74) is 5.36. The number of fused-ring (bicyclic) bond motifs is 1. The summed E-state index contributed by atoms with van der Waals surface area (Å²) in [5, 5.41) is 8.90. The second-order valence-electron chi connectivity index (χ2n) is 7.82. The Balaban J connectivity index is 1.67. The number of hydrogen-bond donors (Lipinski definition) is 1. The maximum atomic E-state index is 12.5. The lowest BCUT2D eigenvalue weighted by atomic mass is 9.96. The minimum Gasteiger partial charge on any atom is -0.353 e. The van der Waals surface area contributed by atoms with E-state index in [0.717, 1.165) is 41.7 Å². The Labute approximate surface area is 156 Å². The van der Waals surface area contributed by atoms with Crippen molar-refractivity contribution in [2.45, 2.75) is 84.6 Å². The first-order valence-electron chi connectivity index (χ1n) is 10.1. The van der Waals surface area contributed by atoms with E-state index in [1.54, 1.807) is 0 Å². The van der Waals surface area contributed by atoms with Gasteiger partial charge in [0.2, 0.25) is 5.91 Å². The minimum absolute atomic E-state index is 0.178. The van der Waals surface area contributed by atoms with Crippen molar-refractivity contribution in [3.8, 4) is 0 Å². The molecule has 3 rings (SSSR count). The third-order valence-electron chi connectivity index (χ3n) is 5.80. The Morgan fingerprint density at radius 2 is 1.73 bits per heavy atom. The molecule has 1 aliphatic carbocycles. The number of nitrogens with zero attached hydrogens (tertiary/aromatic N) is 3. The molecule has 2 heterocycles. The zero-order valence-electron chi connectivity index (χ0n) is 16.7. The molecule has 0 spiro atoms. The number of carbonyl (C=O) groups is 1. The van der Waals surface area contributed by atoms with Gasteiger partial charge in [-0.3, -0.25) is 9.48 Å². The number of hydrogen-bond acceptors (Lipinski definition) is 3. The van der Waals surface area contributed by atoms with Crippen molar-refractivity contribution < 1.29 is 4.79 Å². The summed E-state index contributed by atoms with van der Waals surface area (Å²) in [4.78, 5) is 17.2. The average molecular weight is 357 g/mol. The van der Waals surface area contributed by atoms with Crippen LogP contribution in [0.2, 0.25) is 0 Å². The summed E-state index contributed by atoms with van der Waals surface area (Å²) in [6.45, 7) is 6.20. The highest BCUT2D eigenvalue weighted by Gasteiger charge is 2.18. The quantitative estimate of drug-likeness (QED) is 0.899. The zero-order chi connectivity index (χ0) is 18.7. The first kappa shape index (κ1) is 18.9. The van der Waals surface area contributed by atoms with Crippen LogP contribution >= 0.6 is 0 Å². The van der Waals surface area contributed by atoms with Crippen LogP contribution < -0.4 is 5.32 Å². The third-order valence-corrected chi connectivity index (χ3v) is 5.80. The molecule has 5 heteroatoms. The van der Waals surface area contributed by atoms with Crippen molar-refractivity contribution in [3.05, 3.63) is 22.5 Å². The van der Waals surface area contributed by atoms with Crippen LogP contribution in [-0.2, 0) is 18.3 Å². The number of nitrogens with one attached hydrogen (secondary N) is 1. The molecule has 0 unspecified atom stereocenters. The molecule has 0 bridgehead atoms. The van der Waals surface area contributed by atoms with Gasteiger partial charge in [0.15, 0.2) is 5.65 Å². The lowest BCUT2D eigenvalue weighted by Crippen LogP contribution is -2.35. The highest BCUT2D eigenvalue weighted by molar-refractivity contribution is 5.84. The topological polar surface area (TPSA) is 59.8 Å². The Bertz CT molecular complexity index is 785. The normalized spacial score (nSPS) is 16.5. The number of aromatic nitrogens is 3. The van der Waals surface area contributed by atoms with Gasteiger partial charge in [0.05, 0.1) is 5.69 Å². The molecule has 142 valence electrons. The van der Waals surface area contributed by atoms with E-state index >= 15 is 0 Å². The first-order chi connectivity index (χ1) is 12.5. The predicted octanol–water partition coefficient (Wildman–Crippen LogP) is 4.06. The SMILES string of the molecule is Cc1nc2c(c(C)nn2C)c(C)c1CCC(=O)NC1CCCCCCC1. The molecule has 0 saturated heterocycles. The fraction of sp³-hybridized carbons (Fsp3) is 0.667. The van der Waals surface area contributed by atoms with Crippen LogP contribution in [0.5, 0.6) is 0 Å². The monoisotopic (exact) mass is 356 g/mol. The van der Waals surface area contributed by atoms with Crippen molar-refractivity contribution in [2.24, 2.45) is 7.05 Å². The second-order valence-corrected chi connectivity index (χ2v) is 7.82. The Hall–Kier alpha value is -1.91. The second kappa shape index (κ2) is 8.19. The molecule has 0 radical (unpaired) electrons. The van der Waals surface area contributed by atoms with Gasteiger partial charge in [-0.25, -0.2) is 4.98 Å². The molecular formula is C21H32N4O. The van der Waals surface area contributed by atoms with Crippen molar-refractivity contribution in [2.75, 3.05) is 0 Å². The molecule has 2 aromatic rings. The highest BCUT2D eigenvalue weighted by atomic mass is 16.1. The third kappa shape index (κ3) is 4.08. The first-order valence-corrected chi connectivity index (χ1v) is 10.1. The number of rotatable bonds is 4. The maximum absolute atomic E-state index is 12.5.